The number of amides is 1. The van der Waals surface area contributed by atoms with Gasteiger partial charge in [-0.15, -0.1) is 0 Å². The minimum Gasteiger partial charge on any atom is -0.444 e. The Labute approximate surface area is 134 Å². The van der Waals surface area contributed by atoms with E-state index in [1.807, 2.05) is 30.3 Å². The third-order valence-corrected chi connectivity index (χ3v) is 4.61. The van der Waals surface area contributed by atoms with Crippen LogP contribution >= 0.6 is 0 Å². The highest BCUT2D eigenvalue weighted by atomic mass is 28.4. The Morgan fingerprint density at radius 3 is 2.59 bits per heavy atom. The lowest BCUT2D eigenvalue weighted by molar-refractivity contribution is 0.00875. The molecule has 1 aromatic carbocycles. The smallest absolute Gasteiger partial charge is 0.412 e. The van der Waals surface area contributed by atoms with Crippen LogP contribution in [0.25, 0.3) is 0 Å². The lowest BCUT2D eigenvalue weighted by Gasteiger charge is -2.33. The van der Waals surface area contributed by atoms with Crippen LogP contribution < -0.4 is 0 Å². The van der Waals surface area contributed by atoms with Crippen molar-refractivity contribution in [2.45, 2.75) is 58.2 Å². The van der Waals surface area contributed by atoms with Crippen LogP contribution in [0.15, 0.2) is 30.3 Å². The molecule has 1 atom stereocenters. The molecule has 0 bridgehead atoms. The SMILES string of the molecule is C[Si](C)(C)OC1CCCCCN1C(=O)OCc1ccccc1. The number of likely N-dealkylation sites (tertiary alicyclic amines) is 1. The van der Waals surface area contributed by atoms with Crippen LogP contribution in [0.3, 0.4) is 0 Å². The summed E-state index contributed by atoms with van der Waals surface area (Å²) in [4.78, 5) is 14.2. The molecule has 0 aromatic heterocycles. The summed E-state index contributed by atoms with van der Waals surface area (Å²) in [6.45, 7) is 7.51. The molecule has 22 heavy (non-hydrogen) atoms. The van der Waals surface area contributed by atoms with E-state index in [9.17, 15) is 4.79 Å². The molecule has 1 heterocycles. The van der Waals surface area contributed by atoms with Gasteiger partial charge in [-0.3, -0.25) is 4.90 Å². The highest BCUT2D eigenvalue weighted by Gasteiger charge is 2.31. The first-order valence-electron chi connectivity index (χ1n) is 8.11. The summed E-state index contributed by atoms with van der Waals surface area (Å²) in [6.07, 6.45) is 3.80. The Balaban J connectivity index is 1.97. The van der Waals surface area contributed by atoms with Crippen LogP contribution in [0, 0.1) is 0 Å². The van der Waals surface area contributed by atoms with Crippen molar-refractivity contribution in [2.24, 2.45) is 0 Å². The molecule has 1 aromatic rings. The van der Waals surface area contributed by atoms with Gasteiger partial charge in [0.15, 0.2) is 8.32 Å². The van der Waals surface area contributed by atoms with Gasteiger partial charge in [0.1, 0.15) is 12.8 Å². The monoisotopic (exact) mass is 321 g/mol. The molecule has 1 amide bonds. The van der Waals surface area contributed by atoms with E-state index in [4.69, 9.17) is 9.16 Å². The largest absolute Gasteiger partial charge is 0.444 e. The zero-order valence-corrected chi connectivity index (χ0v) is 14.9. The Hall–Kier alpha value is -1.33. The number of hydrogen-bond acceptors (Lipinski definition) is 3. The van der Waals surface area contributed by atoms with E-state index in [0.29, 0.717) is 6.61 Å². The summed E-state index contributed by atoms with van der Waals surface area (Å²) in [6, 6.07) is 9.79. The normalized spacial score (nSPS) is 19.6. The second kappa shape index (κ2) is 7.79. The highest BCUT2D eigenvalue weighted by molar-refractivity contribution is 6.69. The molecule has 0 saturated carbocycles. The van der Waals surface area contributed by atoms with Crippen LogP contribution in [0.1, 0.15) is 31.2 Å². The van der Waals surface area contributed by atoms with E-state index >= 15 is 0 Å². The molecular weight excluding hydrogens is 294 g/mol. The van der Waals surface area contributed by atoms with Gasteiger partial charge in [0.2, 0.25) is 0 Å². The average molecular weight is 321 g/mol. The first kappa shape index (κ1) is 17.0. The molecule has 1 saturated heterocycles. The number of carbonyl (C=O) groups excluding carboxylic acids is 1. The number of benzene rings is 1. The molecule has 0 N–H and O–H groups in total. The van der Waals surface area contributed by atoms with Gasteiger partial charge in [0, 0.05) is 6.54 Å². The first-order valence-corrected chi connectivity index (χ1v) is 11.5. The van der Waals surface area contributed by atoms with Gasteiger partial charge in [-0.25, -0.2) is 4.79 Å². The lowest BCUT2D eigenvalue weighted by Crippen LogP contribution is -2.46. The third kappa shape index (κ3) is 5.46. The second-order valence-corrected chi connectivity index (χ2v) is 11.2. The molecule has 0 radical (unpaired) electrons. The van der Waals surface area contributed by atoms with Gasteiger partial charge < -0.3 is 9.16 Å². The fraction of sp³-hybridized carbons (Fsp3) is 0.588. The van der Waals surface area contributed by atoms with E-state index in [-0.39, 0.29) is 12.3 Å². The van der Waals surface area contributed by atoms with Crippen molar-refractivity contribution in [1.82, 2.24) is 4.90 Å². The third-order valence-electron chi connectivity index (χ3n) is 3.63. The molecular formula is C17H27NO3Si. The molecule has 1 fully saturated rings. The lowest BCUT2D eigenvalue weighted by atomic mass is 10.2. The summed E-state index contributed by atoms with van der Waals surface area (Å²) in [5.74, 6) is 0. The van der Waals surface area contributed by atoms with Crippen molar-refractivity contribution < 1.29 is 14.0 Å². The first-order chi connectivity index (χ1) is 10.5. The van der Waals surface area contributed by atoms with Crippen LogP contribution in [-0.2, 0) is 15.8 Å². The van der Waals surface area contributed by atoms with Crippen molar-refractivity contribution in [3.05, 3.63) is 35.9 Å². The van der Waals surface area contributed by atoms with Gasteiger partial charge in [0.05, 0.1) is 0 Å². The quantitative estimate of drug-likeness (QED) is 0.773. The standard InChI is InChI=1S/C17H27NO3Si/c1-22(2,3)21-16-12-8-5-9-13-18(16)17(19)20-14-15-10-6-4-7-11-15/h4,6-7,10-11,16H,5,8-9,12-14H2,1-3H3. The Bertz CT molecular complexity index is 473. The molecule has 4 nitrogen and oxygen atoms in total. The van der Waals surface area contributed by atoms with E-state index in [1.54, 1.807) is 4.90 Å². The minimum atomic E-state index is -1.69. The average Bonchev–Trinajstić information content (AvgIpc) is 2.69. The number of rotatable bonds is 4. The fourth-order valence-electron chi connectivity index (χ4n) is 2.62. The van der Waals surface area contributed by atoms with Crippen LogP contribution in [0.4, 0.5) is 4.79 Å². The van der Waals surface area contributed by atoms with Crippen LogP contribution in [0.5, 0.6) is 0 Å². The maximum atomic E-state index is 12.5. The van der Waals surface area contributed by atoms with Gasteiger partial charge in [-0.2, -0.15) is 0 Å². The van der Waals surface area contributed by atoms with Crippen LogP contribution in [-0.4, -0.2) is 32.1 Å². The highest BCUT2D eigenvalue weighted by Crippen LogP contribution is 2.22. The molecule has 1 aliphatic heterocycles. The van der Waals surface area contributed by atoms with Crippen molar-refractivity contribution in [1.29, 1.82) is 0 Å². The second-order valence-electron chi connectivity index (χ2n) is 6.77. The van der Waals surface area contributed by atoms with Gasteiger partial charge >= 0.3 is 6.09 Å². The van der Waals surface area contributed by atoms with Gasteiger partial charge in [0.25, 0.3) is 0 Å². The topological polar surface area (TPSA) is 38.8 Å². The Morgan fingerprint density at radius 1 is 1.18 bits per heavy atom. The fourth-order valence-corrected chi connectivity index (χ4v) is 3.68. The van der Waals surface area contributed by atoms with E-state index in [2.05, 4.69) is 19.6 Å². The summed E-state index contributed by atoms with van der Waals surface area (Å²) >= 11 is 0. The van der Waals surface area contributed by atoms with E-state index in [0.717, 1.165) is 37.8 Å². The molecule has 122 valence electrons. The zero-order valence-electron chi connectivity index (χ0n) is 13.9. The van der Waals surface area contributed by atoms with Gasteiger partial charge in [-0.05, 0) is 44.5 Å². The predicted molar refractivity (Wildman–Crippen MR) is 90.0 cm³/mol. The maximum Gasteiger partial charge on any atom is 0.412 e. The van der Waals surface area contributed by atoms with Crippen LogP contribution in [0.2, 0.25) is 19.6 Å². The molecule has 1 aliphatic rings. The van der Waals surface area contributed by atoms with Crippen molar-refractivity contribution in [3.8, 4) is 0 Å². The Kier molecular flexibility index (Phi) is 6.03. The van der Waals surface area contributed by atoms with Crippen molar-refractivity contribution in [3.63, 3.8) is 0 Å². The number of hydrogen-bond donors (Lipinski definition) is 0. The van der Waals surface area contributed by atoms with Crippen molar-refractivity contribution >= 4 is 14.4 Å². The van der Waals surface area contributed by atoms with E-state index in [1.165, 1.54) is 0 Å². The van der Waals surface area contributed by atoms with E-state index < -0.39 is 8.32 Å². The molecule has 0 spiro atoms. The molecule has 1 unspecified atom stereocenters. The number of ether oxygens (including phenoxy) is 1. The molecule has 2 rings (SSSR count). The molecule has 0 aliphatic carbocycles. The summed E-state index contributed by atoms with van der Waals surface area (Å²) < 4.78 is 11.7. The number of carbonyl (C=O) groups is 1. The maximum absolute atomic E-state index is 12.5. The summed E-state index contributed by atoms with van der Waals surface area (Å²) in [5, 5.41) is 0. The Morgan fingerprint density at radius 2 is 1.91 bits per heavy atom. The zero-order chi connectivity index (χ0) is 16.0. The summed E-state index contributed by atoms with van der Waals surface area (Å²) in [5.41, 5.74) is 1.01. The molecule has 5 heteroatoms. The minimum absolute atomic E-state index is 0.127. The number of nitrogens with zero attached hydrogens (tertiary/aromatic N) is 1. The van der Waals surface area contributed by atoms with Crippen molar-refractivity contribution in [2.75, 3.05) is 6.54 Å². The van der Waals surface area contributed by atoms with Gasteiger partial charge in [-0.1, -0.05) is 36.8 Å². The predicted octanol–water partition coefficient (Wildman–Crippen LogP) is 4.38. The summed E-state index contributed by atoms with van der Waals surface area (Å²) in [7, 11) is -1.69.